The molecule has 0 aromatic heterocycles. The maximum atomic E-state index is 11.8. The third kappa shape index (κ3) is 5.75. The van der Waals surface area contributed by atoms with Crippen LogP contribution in [-0.4, -0.2) is 25.2 Å². The topological polar surface area (TPSA) is 47.6 Å². The second-order valence-corrected chi connectivity index (χ2v) is 5.47. The maximum absolute atomic E-state index is 11.8. The number of carbonyl (C=O) groups excluding carboxylic acids is 1. The summed E-state index contributed by atoms with van der Waals surface area (Å²) in [5.74, 6) is 0.662. The fourth-order valence-electron chi connectivity index (χ4n) is 1.56. The first-order valence-electron chi connectivity index (χ1n) is 6.39. The minimum atomic E-state index is -0.309. The predicted molar refractivity (Wildman–Crippen MR) is 75.3 cm³/mol. The molecule has 1 aromatic rings. The van der Waals surface area contributed by atoms with Gasteiger partial charge in [-0.3, -0.25) is 4.79 Å². The largest absolute Gasteiger partial charge is 0.497 e. The van der Waals surface area contributed by atoms with Crippen LogP contribution in [-0.2, 0) is 9.53 Å². The molecule has 4 nitrogen and oxygen atoms in total. The first-order valence-corrected chi connectivity index (χ1v) is 6.39. The molecular weight excluding hydrogens is 242 g/mol. The molecule has 0 bridgehead atoms. The van der Waals surface area contributed by atoms with Crippen LogP contribution in [0.25, 0.3) is 0 Å². The Kier molecular flexibility index (Phi) is 5.36. The number of carbonyl (C=O) groups is 1. The highest BCUT2D eigenvalue weighted by Gasteiger charge is 2.15. The molecule has 1 atom stereocenters. The molecule has 0 unspecified atom stereocenters. The molecule has 0 radical (unpaired) electrons. The van der Waals surface area contributed by atoms with E-state index in [1.165, 1.54) is 0 Å². The summed E-state index contributed by atoms with van der Waals surface area (Å²) < 4.78 is 10.6. The van der Waals surface area contributed by atoms with Gasteiger partial charge in [-0.1, -0.05) is 12.1 Å². The quantitative estimate of drug-likeness (QED) is 0.890. The van der Waals surface area contributed by atoms with E-state index in [1.807, 2.05) is 52.0 Å². The summed E-state index contributed by atoms with van der Waals surface area (Å²) in [5, 5.41) is 2.90. The molecule has 0 spiro atoms. The zero-order chi connectivity index (χ0) is 14.5. The van der Waals surface area contributed by atoms with Crippen LogP contribution in [0.1, 0.15) is 39.3 Å². The number of methoxy groups -OCH3 is 1. The summed E-state index contributed by atoms with van der Waals surface area (Å²) in [6, 6.07) is 7.57. The van der Waals surface area contributed by atoms with Crippen molar-refractivity contribution in [1.82, 2.24) is 5.32 Å². The molecule has 19 heavy (non-hydrogen) atoms. The number of amides is 1. The second-order valence-electron chi connectivity index (χ2n) is 5.47. The van der Waals surface area contributed by atoms with Gasteiger partial charge in [0, 0.05) is 0 Å². The average molecular weight is 265 g/mol. The highest BCUT2D eigenvalue weighted by atomic mass is 16.5. The monoisotopic (exact) mass is 265 g/mol. The standard InChI is InChI=1S/C15H23NO3/c1-11(12-7-6-8-13(9-12)18-5)16-14(17)10-19-15(2,3)4/h6-9,11H,10H2,1-5H3,(H,16,17)/t11-/m0/s1. The molecule has 1 N–H and O–H groups in total. The highest BCUT2D eigenvalue weighted by molar-refractivity contribution is 5.77. The van der Waals surface area contributed by atoms with Crippen LogP contribution in [0.3, 0.4) is 0 Å². The molecule has 106 valence electrons. The van der Waals surface area contributed by atoms with E-state index < -0.39 is 0 Å². The summed E-state index contributed by atoms with van der Waals surface area (Å²) in [6.07, 6.45) is 0. The molecule has 0 fully saturated rings. The molecule has 0 saturated heterocycles. The average Bonchev–Trinajstić information content (AvgIpc) is 2.35. The van der Waals surface area contributed by atoms with Crippen LogP contribution in [0.15, 0.2) is 24.3 Å². The lowest BCUT2D eigenvalue weighted by molar-refractivity contribution is -0.131. The van der Waals surface area contributed by atoms with Crippen LogP contribution in [0.4, 0.5) is 0 Å². The minimum absolute atomic E-state index is 0.0673. The van der Waals surface area contributed by atoms with Crippen LogP contribution in [0.2, 0.25) is 0 Å². The molecule has 0 saturated carbocycles. The Labute approximate surface area is 115 Å². The van der Waals surface area contributed by atoms with E-state index in [0.717, 1.165) is 11.3 Å². The number of hydrogen-bond donors (Lipinski definition) is 1. The second kappa shape index (κ2) is 6.57. The Hall–Kier alpha value is -1.55. The van der Waals surface area contributed by atoms with Crippen molar-refractivity contribution >= 4 is 5.91 Å². The predicted octanol–water partition coefficient (Wildman–Crippen LogP) is 2.69. The fourth-order valence-corrected chi connectivity index (χ4v) is 1.56. The zero-order valence-electron chi connectivity index (χ0n) is 12.3. The van der Waals surface area contributed by atoms with Crippen molar-refractivity contribution in [3.63, 3.8) is 0 Å². The first-order chi connectivity index (χ1) is 8.81. The Morgan fingerprint density at radius 3 is 2.63 bits per heavy atom. The molecule has 4 heteroatoms. The van der Waals surface area contributed by atoms with E-state index in [2.05, 4.69) is 5.32 Å². The Balaban J connectivity index is 2.54. The third-order valence-corrected chi connectivity index (χ3v) is 2.61. The van der Waals surface area contributed by atoms with Gasteiger partial charge in [-0.2, -0.15) is 0 Å². The van der Waals surface area contributed by atoms with Crippen molar-refractivity contribution < 1.29 is 14.3 Å². The number of benzene rings is 1. The summed E-state index contributed by atoms with van der Waals surface area (Å²) in [7, 11) is 1.62. The van der Waals surface area contributed by atoms with Crippen molar-refractivity contribution in [2.75, 3.05) is 13.7 Å². The number of hydrogen-bond acceptors (Lipinski definition) is 3. The summed E-state index contributed by atoms with van der Waals surface area (Å²) in [5.41, 5.74) is 0.694. The molecule has 0 aliphatic carbocycles. The van der Waals surface area contributed by atoms with Gasteiger partial charge < -0.3 is 14.8 Å². The molecule has 1 aromatic carbocycles. The van der Waals surface area contributed by atoms with Crippen molar-refractivity contribution in [1.29, 1.82) is 0 Å². The molecule has 1 amide bonds. The molecule has 0 heterocycles. The lowest BCUT2D eigenvalue weighted by Gasteiger charge is -2.20. The fraction of sp³-hybridized carbons (Fsp3) is 0.533. The van der Waals surface area contributed by atoms with Crippen molar-refractivity contribution in [3.8, 4) is 5.75 Å². The smallest absolute Gasteiger partial charge is 0.246 e. The van der Waals surface area contributed by atoms with Crippen molar-refractivity contribution in [2.24, 2.45) is 0 Å². The lowest BCUT2D eigenvalue weighted by Crippen LogP contribution is -2.33. The number of rotatable bonds is 5. The zero-order valence-corrected chi connectivity index (χ0v) is 12.3. The molecule has 0 aliphatic rings. The first kappa shape index (κ1) is 15.5. The van der Waals surface area contributed by atoms with Crippen LogP contribution in [0.5, 0.6) is 5.75 Å². The van der Waals surface area contributed by atoms with Gasteiger partial charge in [0.2, 0.25) is 5.91 Å². The Bertz CT molecular complexity index is 424. The van der Waals surface area contributed by atoms with Crippen LogP contribution >= 0.6 is 0 Å². The summed E-state index contributed by atoms with van der Waals surface area (Å²) in [4.78, 5) is 11.8. The van der Waals surface area contributed by atoms with Crippen molar-refractivity contribution in [3.05, 3.63) is 29.8 Å². The molecule has 1 rings (SSSR count). The highest BCUT2D eigenvalue weighted by Crippen LogP contribution is 2.18. The van der Waals surface area contributed by atoms with Crippen LogP contribution in [0, 0.1) is 0 Å². The van der Waals surface area contributed by atoms with E-state index in [-0.39, 0.29) is 24.2 Å². The van der Waals surface area contributed by atoms with Gasteiger partial charge in [0.05, 0.1) is 18.8 Å². The number of nitrogens with one attached hydrogen (secondary N) is 1. The normalized spacial score (nSPS) is 12.9. The summed E-state index contributed by atoms with van der Waals surface area (Å²) >= 11 is 0. The molecular formula is C15H23NO3. The van der Waals surface area contributed by atoms with Gasteiger partial charge in [-0.25, -0.2) is 0 Å². The van der Waals surface area contributed by atoms with Gasteiger partial charge in [0.25, 0.3) is 0 Å². The third-order valence-electron chi connectivity index (χ3n) is 2.61. The maximum Gasteiger partial charge on any atom is 0.246 e. The van der Waals surface area contributed by atoms with E-state index in [1.54, 1.807) is 7.11 Å². The SMILES string of the molecule is COc1cccc([C@H](C)NC(=O)COC(C)(C)C)c1. The van der Waals surface area contributed by atoms with Gasteiger partial charge in [-0.15, -0.1) is 0 Å². The van der Waals surface area contributed by atoms with Crippen LogP contribution < -0.4 is 10.1 Å². The lowest BCUT2D eigenvalue weighted by atomic mass is 10.1. The van der Waals surface area contributed by atoms with Gasteiger partial charge in [-0.05, 0) is 45.4 Å². The van der Waals surface area contributed by atoms with E-state index in [0.29, 0.717) is 0 Å². The molecule has 0 aliphatic heterocycles. The van der Waals surface area contributed by atoms with Crippen molar-refractivity contribution in [2.45, 2.75) is 39.3 Å². The van der Waals surface area contributed by atoms with E-state index >= 15 is 0 Å². The Morgan fingerprint density at radius 2 is 2.05 bits per heavy atom. The summed E-state index contributed by atoms with van der Waals surface area (Å²) in [6.45, 7) is 7.77. The van der Waals surface area contributed by atoms with E-state index in [4.69, 9.17) is 9.47 Å². The number of ether oxygens (including phenoxy) is 2. The van der Waals surface area contributed by atoms with Gasteiger partial charge in [0.1, 0.15) is 12.4 Å². The van der Waals surface area contributed by atoms with Gasteiger partial charge in [0.15, 0.2) is 0 Å². The van der Waals surface area contributed by atoms with Gasteiger partial charge >= 0.3 is 0 Å². The van der Waals surface area contributed by atoms with E-state index in [9.17, 15) is 4.79 Å². The minimum Gasteiger partial charge on any atom is -0.497 e. The Morgan fingerprint density at radius 1 is 1.37 bits per heavy atom.